The zero-order chi connectivity index (χ0) is 14.1. The Kier molecular flexibility index (Phi) is 3.90. The highest BCUT2D eigenvalue weighted by Gasteiger charge is 2.31. The number of rotatable bonds is 3. The van der Waals surface area contributed by atoms with Crippen LogP contribution in [0.25, 0.3) is 0 Å². The van der Waals surface area contributed by atoms with Gasteiger partial charge in [-0.3, -0.25) is 0 Å². The predicted octanol–water partition coefficient (Wildman–Crippen LogP) is 4.37. The standard InChI is InChI=1S/C15H20F3N/c1-14(2)7-6-13(9-14)19-10-11-4-3-5-12(8-11)15(16,17)18/h3-5,8,13,19H,6-7,9-10H2,1-2H3. The van der Waals surface area contributed by atoms with Gasteiger partial charge in [0.2, 0.25) is 0 Å². The van der Waals surface area contributed by atoms with Gasteiger partial charge in [0.05, 0.1) is 5.56 Å². The van der Waals surface area contributed by atoms with E-state index in [0.717, 1.165) is 18.9 Å². The Labute approximate surface area is 112 Å². The summed E-state index contributed by atoms with van der Waals surface area (Å²) in [6, 6.07) is 5.97. The van der Waals surface area contributed by atoms with Gasteiger partial charge < -0.3 is 5.32 Å². The smallest absolute Gasteiger partial charge is 0.310 e. The summed E-state index contributed by atoms with van der Waals surface area (Å²) in [6.07, 6.45) is -0.892. The van der Waals surface area contributed by atoms with Crippen LogP contribution in [-0.2, 0) is 12.7 Å². The van der Waals surface area contributed by atoms with E-state index in [9.17, 15) is 13.2 Å². The van der Waals surface area contributed by atoms with Crippen molar-refractivity contribution in [3.05, 3.63) is 35.4 Å². The second kappa shape index (κ2) is 5.16. The van der Waals surface area contributed by atoms with E-state index in [1.54, 1.807) is 6.07 Å². The predicted molar refractivity (Wildman–Crippen MR) is 69.7 cm³/mol. The molecule has 0 aromatic heterocycles. The van der Waals surface area contributed by atoms with Crippen molar-refractivity contribution in [3.63, 3.8) is 0 Å². The minimum absolute atomic E-state index is 0.353. The molecule has 0 spiro atoms. The van der Waals surface area contributed by atoms with Crippen molar-refractivity contribution in [1.82, 2.24) is 5.32 Å². The van der Waals surface area contributed by atoms with E-state index in [0.29, 0.717) is 23.6 Å². The fourth-order valence-electron chi connectivity index (χ4n) is 2.73. The molecule has 0 saturated heterocycles. The third kappa shape index (κ3) is 3.96. The largest absolute Gasteiger partial charge is 0.416 e. The van der Waals surface area contributed by atoms with Gasteiger partial charge in [-0.2, -0.15) is 13.2 Å². The van der Waals surface area contributed by atoms with Crippen molar-refractivity contribution >= 4 is 0 Å². The van der Waals surface area contributed by atoms with Crippen LogP contribution in [0.5, 0.6) is 0 Å². The van der Waals surface area contributed by atoms with Crippen LogP contribution >= 0.6 is 0 Å². The molecule has 1 aromatic rings. The van der Waals surface area contributed by atoms with E-state index < -0.39 is 11.7 Å². The molecule has 0 amide bonds. The first-order valence-corrected chi connectivity index (χ1v) is 6.66. The molecule has 1 aliphatic rings. The highest BCUT2D eigenvalue weighted by molar-refractivity contribution is 5.25. The van der Waals surface area contributed by atoms with Crippen molar-refractivity contribution < 1.29 is 13.2 Å². The average Bonchev–Trinajstić information content (AvgIpc) is 2.66. The van der Waals surface area contributed by atoms with Gasteiger partial charge in [-0.25, -0.2) is 0 Å². The van der Waals surface area contributed by atoms with Crippen LogP contribution in [0.3, 0.4) is 0 Å². The Morgan fingerprint density at radius 1 is 1.32 bits per heavy atom. The zero-order valence-electron chi connectivity index (χ0n) is 11.3. The van der Waals surface area contributed by atoms with Crippen molar-refractivity contribution in [1.29, 1.82) is 0 Å². The number of halogens is 3. The second-order valence-corrected chi connectivity index (χ2v) is 6.18. The van der Waals surface area contributed by atoms with Gasteiger partial charge in [0.15, 0.2) is 0 Å². The Morgan fingerprint density at radius 3 is 2.63 bits per heavy atom. The SMILES string of the molecule is CC1(C)CCC(NCc2cccc(C(F)(F)F)c2)C1. The fourth-order valence-corrected chi connectivity index (χ4v) is 2.73. The lowest BCUT2D eigenvalue weighted by Crippen LogP contribution is -2.26. The molecule has 1 atom stereocenters. The van der Waals surface area contributed by atoms with Gasteiger partial charge >= 0.3 is 6.18 Å². The van der Waals surface area contributed by atoms with Gasteiger partial charge in [0.25, 0.3) is 0 Å². The number of hydrogen-bond donors (Lipinski definition) is 1. The molecule has 0 bridgehead atoms. The van der Waals surface area contributed by atoms with Crippen LogP contribution in [0, 0.1) is 5.41 Å². The average molecular weight is 271 g/mol. The van der Waals surface area contributed by atoms with Crippen molar-refractivity contribution in [3.8, 4) is 0 Å². The van der Waals surface area contributed by atoms with Gasteiger partial charge in [0, 0.05) is 12.6 Å². The minimum Gasteiger partial charge on any atom is -0.310 e. The molecule has 4 heteroatoms. The van der Waals surface area contributed by atoms with Crippen LogP contribution in [0.4, 0.5) is 13.2 Å². The van der Waals surface area contributed by atoms with Crippen LogP contribution in [-0.4, -0.2) is 6.04 Å². The Balaban J connectivity index is 1.94. The number of alkyl halides is 3. The Bertz CT molecular complexity index is 437. The maximum atomic E-state index is 12.6. The number of hydrogen-bond acceptors (Lipinski definition) is 1. The van der Waals surface area contributed by atoms with Crippen molar-refractivity contribution in [2.75, 3.05) is 0 Å². The van der Waals surface area contributed by atoms with E-state index in [2.05, 4.69) is 19.2 Å². The molecule has 1 aliphatic carbocycles. The van der Waals surface area contributed by atoms with E-state index >= 15 is 0 Å². The fraction of sp³-hybridized carbons (Fsp3) is 0.600. The molecule has 0 heterocycles. The van der Waals surface area contributed by atoms with Crippen LogP contribution in [0.2, 0.25) is 0 Å². The quantitative estimate of drug-likeness (QED) is 0.860. The monoisotopic (exact) mass is 271 g/mol. The Hall–Kier alpha value is -1.03. The molecule has 1 saturated carbocycles. The van der Waals surface area contributed by atoms with Crippen molar-refractivity contribution in [2.45, 2.75) is 51.9 Å². The first-order chi connectivity index (χ1) is 8.76. The molecule has 1 nitrogen and oxygen atoms in total. The van der Waals surface area contributed by atoms with E-state index in [-0.39, 0.29) is 0 Å². The highest BCUT2D eigenvalue weighted by atomic mass is 19.4. The maximum absolute atomic E-state index is 12.6. The lowest BCUT2D eigenvalue weighted by molar-refractivity contribution is -0.137. The summed E-state index contributed by atoms with van der Waals surface area (Å²) >= 11 is 0. The van der Waals surface area contributed by atoms with Crippen LogP contribution in [0.1, 0.15) is 44.2 Å². The normalized spacial score (nSPS) is 22.7. The summed E-state index contributed by atoms with van der Waals surface area (Å²) in [4.78, 5) is 0. The van der Waals surface area contributed by atoms with Gasteiger partial charge in [-0.1, -0.05) is 32.0 Å². The number of benzene rings is 1. The first-order valence-electron chi connectivity index (χ1n) is 6.66. The molecule has 0 radical (unpaired) electrons. The van der Waals surface area contributed by atoms with Gasteiger partial charge in [0.1, 0.15) is 0 Å². The third-order valence-electron chi connectivity index (χ3n) is 3.82. The lowest BCUT2D eigenvalue weighted by Gasteiger charge is -2.18. The molecule has 106 valence electrons. The third-order valence-corrected chi connectivity index (χ3v) is 3.82. The van der Waals surface area contributed by atoms with Crippen LogP contribution < -0.4 is 5.32 Å². The first kappa shape index (κ1) is 14.4. The Morgan fingerprint density at radius 2 is 2.05 bits per heavy atom. The molecule has 19 heavy (non-hydrogen) atoms. The van der Waals surface area contributed by atoms with Crippen LogP contribution in [0.15, 0.2) is 24.3 Å². The molecule has 1 fully saturated rings. The molecular formula is C15H20F3N. The zero-order valence-corrected chi connectivity index (χ0v) is 11.3. The second-order valence-electron chi connectivity index (χ2n) is 6.18. The molecule has 1 aromatic carbocycles. The summed E-state index contributed by atoms with van der Waals surface area (Å²) in [5, 5.41) is 3.36. The molecule has 1 N–H and O–H groups in total. The molecule has 0 aliphatic heterocycles. The molecule has 2 rings (SSSR count). The highest BCUT2D eigenvalue weighted by Crippen LogP contribution is 2.37. The minimum atomic E-state index is -4.26. The van der Waals surface area contributed by atoms with Gasteiger partial charge in [-0.15, -0.1) is 0 Å². The maximum Gasteiger partial charge on any atom is 0.416 e. The van der Waals surface area contributed by atoms with E-state index in [4.69, 9.17) is 0 Å². The number of nitrogens with one attached hydrogen (secondary N) is 1. The van der Waals surface area contributed by atoms with Crippen molar-refractivity contribution in [2.24, 2.45) is 5.41 Å². The summed E-state index contributed by atoms with van der Waals surface area (Å²) in [6.45, 7) is 4.97. The van der Waals surface area contributed by atoms with Gasteiger partial charge in [-0.05, 0) is 36.3 Å². The summed E-state index contributed by atoms with van der Waals surface area (Å²) < 4.78 is 37.8. The van der Waals surface area contributed by atoms with E-state index in [1.807, 2.05) is 0 Å². The summed E-state index contributed by atoms with van der Waals surface area (Å²) in [5.41, 5.74) is 0.476. The molecular weight excluding hydrogens is 251 g/mol. The summed E-state index contributed by atoms with van der Waals surface area (Å²) in [7, 11) is 0. The van der Waals surface area contributed by atoms with E-state index in [1.165, 1.54) is 18.6 Å². The lowest BCUT2D eigenvalue weighted by atomic mass is 9.92. The topological polar surface area (TPSA) is 12.0 Å². The summed E-state index contributed by atoms with van der Waals surface area (Å²) in [5.74, 6) is 0. The molecule has 1 unspecified atom stereocenters.